The lowest BCUT2D eigenvalue weighted by Gasteiger charge is -2.05. The minimum absolute atomic E-state index is 0.178. The first-order valence-corrected chi connectivity index (χ1v) is 4.26. The van der Waals surface area contributed by atoms with Gasteiger partial charge >= 0.3 is 5.97 Å². The third-order valence-electron chi connectivity index (χ3n) is 0.925. The van der Waals surface area contributed by atoms with E-state index < -0.39 is 0 Å². The van der Waals surface area contributed by atoms with Crippen LogP contribution in [-0.2, 0) is 14.3 Å². The van der Waals surface area contributed by atoms with Crippen molar-refractivity contribution in [1.82, 2.24) is 0 Å². The van der Waals surface area contributed by atoms with E-state index in [9.17, 15) is 4.79 Å². The van der Waals surface area contributed by atoms with Crippen molar-refractivity contribution in [2.75, 3.05) is 20.3 Å². The van der Waals surface area contributed by atoms with Crippen LogP contribution >= 0.6 is 22.6 Å². The molecule has 0 aliphatic carbocycles. The molecule has 4 heteroatoms. The third-order valence-corrected chi connectivity index (χ3v) is 1.79. The van der Waals surface area contributed by atoms with Gasteiger partial charge in [-0.05, 0) is 6.92 Å². The molecule has 1 unspecified atom stereocenters. The molecule has 10 heavy (non-hydrogen) atoms. The summed E-state index contributed by atoms with van der Waals surface area (Å²) in [6.07, 6.45) is 0. The highest BCUT2D eigenvalue weighted by molar-refractivity contribution is 14.1. The van der Waals surface area contributed by atoms with E-state index in [-0.39, 0.29) is 9.89 Å². The molecule has 0 saturated carbocycles. The molecule has 0 aliphatic heterocycles. The van der Waals surface area contributed by atoms with E-state index in [1.807, 2.05) is 29.5 Å². The van der Waals surface area contributed by atoms with Crippen LogP contribution in [0, 0.1) is 0 Å². The van der Waals surface area contributed by atoms with Crippen LogP contribution in [-0.4, -0.2) is 30.2 Å². The van der Waals surface area contributed by atoms with Crippen LogP contribution in [0.1, 0.15) is 6.92 Å². The van der Waals surface area contributed by atoms with Gasteiger partial charge in [0.2, 0.25) is 0 Å². The summed E-state index contributed by atoms with van der Waals surface area (Å²) in [6.45, 7) is 2.96. The fourth-order valence-corrected chi connectivity index (χ4v) is 0.926. The van der Waals surface area contributed by atoms with Crippen molar-refractivity contribution in [3.63, 3.8) is 0 Å². The average Bonchev–Trinajstić information content (AvgIpc) is 1.98. The summed E-state index contributed by atoms with van der Waals surface area (Å²) in [5.41, 5.74) is 0. The molecule has 0 radical (unpaired) electrons. The minimum atomic E-state index is -0.228. The normalized spacial score (nSPS) is 12.7. The van der Waals surface area contributed by atoms with Crippen molar-refractivity contribution in [1.29, 1.82) is 0 Å². The second-order valence-electron chi connectivity index (χ2n) is 1.65. The minimum Gasteiger partial charge on any atom is -0.468 e. The van der Waals surface area contributed by atoms with Gasteiger partial charge in [0.15, 0.2) is 0 Å². The highest BCUT2D eigenvalue weighted by Gasteiger charge is 2.13. The van der Waals surface area contributed by atoms with Crippen LogP contribution in [0.2, 0.25) is 0 Å². The molecule has 0 amide bonds. The lowest BCUT2D eigenvalue weighted by molar-refractivity contribution is -0.140. The lowest BCUT2D eigenvalue weighted by Crippen LogP contribution is -2.21. The van der Waals surface area contributed by atoms with Crippen LogP contribution in [0.5, 0.6) is 0 Å². The zero-order valence-corrected chi connectivity index (χ0v) is 8.25. The molecule has 0 spiro atoms. The predicted molar refractivity (Wildman–Crippen MR) is 46.3 cm³/mol. The number of halogens is 1. The number of carbonyl (C=O) groups excluding carboxylic acids is 1. The monoisotopic (exact) mass is 258 g/mol. The lowest BCUT2D eigenvalue weighted by atomic mass is 10.5. The van der Waals surface area contributed by atoms with Crippen molar-refractivity contribution in [3.8, 4) is 0 Å². The van der Waals surface area contributed by atoms with Crippen molar-refractivity contribution in [3.05, 3.63) is 0 Å². The molecule has 0 saturated heterocycles. The maximum Gasteiger partial charge on any atom is 0.321 e. The molecular formula is C6H11IO3. The number of ether oxygens (including phenoxy) is 2. The first kappa shape index (κ1) is 10.2. The van der Waals surface area contributed by atoms with Crippen LogP contribution in [0.25, 0.3) is 0 Å². The summed E-state index contributed by atoms with van der Waals surface area (Å²) in [7, 11) is 1.37. The van der Waals surface area contributed by atoms with E-state index >= 15 is 0 Å². The first-order valence-electron chi connectivity index (χ1n) is 3.02. The molecule has 0 N–H and O–H groups in total. The van der Waals surface area contributed by atoms with E-state index in [0.717, 1.165) is 0 Å². The average molecular weight is 258 g/mol. The summed E-state index contributed by atoms with van der Waals surface area (Å²) in [5.74, 6) is -0.228. The van der Waals surface area contributed by atoms with Crippen molar-refractivity contribution < 1.29 is 14.3 Å². The summed E-state index contributed by atoms with van der Waals surface area (Å²) in [6, 6.07) is 0. The van der Waals surface area contributed by atoms with Crippen molar-refractivity contribution in [2.45, 2.75) is 10.8 Å². The first-order chi connectivity index (χ1) is 4.72. The largest absolute Gasteiger partial charge is 0.468 e. The summed E-state index contributed by atoms with van der Waals surface area (Å²) in [5, 5.41) is 0. The Morgan fingerprint density at radius 1 is 1.70 bits per heavy atom. The molecule has 0 aromatic carbocycles. The van der Waals surface area contributed by atoms with Gasteiger partial charge < -0.3 is 9.47 Å². The fraction of sp³-hybridized carbons (Fsp3) is 0.833. The van der Waals surface area contributed by atoms with Gasteiger partial charge in [0.25, 0.3) is 0 Å². The topological polar surface area (TPSA) is 35.5 Å². The summed E-state index contributed by atoms with van der Waals surface area (Å²) in [4.78, 5) is 10.7. The molecular weight excluding hydrogens is 247 g/mol. The number of hydrogen-bond acceptors (Lipinski definition) is 3. The Bertz CT molecular complexity index is 105. The molecule has 0 aromatic rings. The molecule has 3 nitrogen and oxygen atoms in total. The zero-order valence-electron chi connectivity index (χ0n) is 6.09. The molecule has 0 bridgehead atoms. The number of rotatable bonds is 4. The van der Waals surface area contributed by atoms with E-state index in [2.05, 4.69) is 4.74 Å². The van der Waals surface area contributed by atoms with E-state index in [4.69, 9.17) is 4.74 Å². The zero-order chi connectivity index (χ0) is 7.98. The Kier molecular flexibility index (Phi) is 6.00. The van der Waals surface area contributed by atoms with Gasteiger partial charge in [0.05, 0.1) is 13.7 Å². The Hall–Kier alpha value is 0.160. The van der Waals surface area contributed by atoms with Crippen LogP contribution in [0.3, 0.4) is 0 Å². The van der Waals surface area contributed by atoms with Gasteiger partial charge in [0, 0.05) is 6.61 Å². The van der Waals surface area contributed by atoms with Gasteiger partial charge in [-0.1, -0.05) is 22.6 Å². The number of esters is 1. The Balaban J connectivity index is 3.41. The second-order valence-corrected chi connectivity index (χ2v) is 3.15. The maximum absolute atomic E-state index is 10.7. The van der Waals surface area contributed by atoms with Gasteiger partial charge in [-0.3, -0.25) is 4.79 Å². The van der Waals surface area contributed by atoms with Crippen LogP contribution in [0.4, 0.5) is 0 Å². The number of methoxy groups -OCH3 is 1. The van der Waals surface area contributed by atoms with Crippen molar-refractivity contribution in [2.24, 2.45) is 0 Å². The SMILES string of the molecule is CCOCC(I)C(=O)OC. The highest BCUT2D eigenvalue weighted by Crippen LogP contribution is 2.02. The van der Waals surface area contributed by atoms with Gasteiger partial charge in [-0.25, -0.2) is 0 Å². The molecule has 1 atom stereocenters. The van der Waals surface area contributed by atoms with Gasteiger partial charge in [-0.2, -0.15) is 0 Å². The smallest absolute Gasteiger partial charge is 0.321 e. The van der Waals surface area contributed by atoms with E-state index in [1.54, 1.807) is 0 Å². The molecule has 0 aliphatic rings. The Morgan fingerprint density at radius 2 is 2.30 bits per heavy atom. The van der Waals surface area contributed by atoms with Crippen LogP contribution in [0.15, 0.2) is 0 Å². The van der Waals surface area contributed by atoms with Crippen LogP contribution < -0.4 is 0 Å². The second kappa shape index (κ2) is 5.91. The predicted octanol–water partition coefficient (Wildman–Crippen LogP) is 1.000. The summed E-state index contributed by atoms with van der Waals surface area (Å²) >= 11 is 1.99. The fourth-order valence-electron chi connectivity index (χ4n) is 0.417. The Morgan fingerprint density at radius 3 is 2.70 bits per heavy atom. The Labute approximate surface area is 74.2 Å². The maximum atomic E-state index is 10.7. The number of hydrogen-bond donors (Lipinski definition) is 0. The third kappa shape index (κ3) is 4.05. The van der Waals surface area contributed by atoms with Crippen molar-refractivity contribution >= 4 is 28.6 Å². The highest BCUT2D eigenvalue weighted by atomic mass is 127. The number of carbonyl (C=O) groups is 1. The molecule has 0 heterocycles. The quantitative estimate of drug-likeness (QED) is 0.428. The molecule has 0 aromatic heterocycles. The standard InChI is InChI=1S/C6H11IO3/c1-3-10-4-5(7)6(8)9-2/h5H,3-4H2,1-2H3. The molecule has 60 valence electrons. The van der Waals surface area contributed by atoms with E-state index in [0.29, 0.717) is 13.2 Å². The van der Waals surface area contributed by atoms with Gasteiger partial charge in [-0.15, -0.1) is 0 Å². The van der Waals surface area contributed by atoms with Gasteiger partial charge in [0.1, 0.15) is 3.92 Å². The van der Waals surface area contributed by atoms with E-state index in [1.165, 1.54) is 7.11 Å². The summed E-state index contributed by atoms with van der Waals surface area (Å²) < 4.78 is 9.31. The number of alkyl halides is 1. The molecule has 0 fully saturated rings. The molecule has 0 rings (SSSR count).